The fraction of sp³-hybridized carbons (Fsp3) is 0.364. The first-order valence-electron chi connectivity index (χ1n) is 8.99. The molecule has 4 nitrogen and oxygen atoms in total. The Morgan fingerprint density at radius 3 is 2.26 bits per heavy atom. The second kappa shape index (κ2) is 8.33. The quantitative estimate of drug-likeness (QED) is 0.842. The monoisotopic (exact) mass is 370 g/mol. The lowest BCUT2D eigenvalue weighted by atomic mass is 9.86. The maximum atomic E-state index is 13.5. The molecule has 0 aliphatic rings. The van der Waals surface area contributed by atoms with E-state index >= 15 is 0 Å². The third-order valence-electron chi connectivity index (χ3n) is 4.66. The zero-order valence-electron chi connectivity index (χ0n) is 16.3. The predicted molar refractivity (Wildman–Crippen MR) is 105 cm³/mol. The van der Waals surface area contributed by atoms with E-state index in [1.165, 1.54) is 35.7 Å². The van der Waals surface area contributed by atoms with Gasteiger partial charge in [-0.3, -0.25) is 9.59 Å². The van der Waals surface area contributed by atoms with E-state index in [1.54, 1.807) is 6.07 Å². The number of carbonyl (C=O) groups is 2. The van der Waals surface area contributed by atoms with E-state index in [-0.39, 0.29) is 17.7 Å². The molecule has 0 aromatic heterocycles. The molecule has 0 aliphatic heterocycles. The highest BCUT2D eigenvalue weighted by atomic mass is 19.1. The van der Waals surface area contributed by atoms with Gasteiger partial charge in [0.2, 0.25) is 11.8 Å². The van der Waals surface area contributed by atoms with Crippen LogP contribution >= 0.6 is 0 Å². The van der Waals surface area contributed by atoms with Crippen molar-refractivity contribution in [3.05, 3.63) is 71.0 Å². The van der Waals surface area contributed by atoms with Crippen LogP contribution in [0.2, 0.25) is 0 Å². The number of nitrogens with two attached hydrogens (primary N) is 1. The summed E-state index contributed by atoms with van der Waals surface area (Å²) in [6.07, 6.45) is 0.798. The van der Waals surface area contributed by atoms with Gasteiger partial charge in [-0.05, 0) is 40.7 Å². The van der Waals surface area contributed by atoms with Crippen molar-refractivity contribution in [3.63, 3.8) is 0 Å². The summed E-state index contributed by atoms with van der Waals surface area (Å²) in [5.74, 6) is -1.38. The Labute approximate surface area is 160 Å². The van der Waals surface area contributed by atoms with Gasteiger partial charge in [0, 0.05) is 13.5 Å². The Bertz CT molecular complexity index is 810. The van der Waals surface area contributed by atoms with Crippen LogP contribution in [0.4, 0.5) is 4.39 Å². The third-order valence-corrected chi connectivity index (χ3v) is 4.66. The Hall–Kier alpha value is -2.69. The van der Waals surface area contributed by atoms with Crippen molar-refractivity contribution in [2.75, 3.05) is 7.05 Å². The zero-order chi connectivity index (χ0) is 20.2. The molecule has 2 rings (SSSR count). The van der Waals surface area contributed by atoms with Gasteiger partial charge in [0.15, 0.2) is 0 Å². The summed E-state index contributed by atoms with van der Waals surface area (Å²) in [5.41, 5.74) is 8.19. The molecule has 144 valence electrons. The molecular formula is C22H27FN2O2. The third kappa shape index (κ3) is 5.39. The molecule has 1 unspecified atom stereocenters. The van der Waals surface area contributed by atoms with Crippen molar-refractivity contribution < 1.29 is 14.0 Å². The molecule has 0 fully saturated rings. The summed E-state index contributed by atoms with van der Waals surface area (Å²) in [6, 6.07) is 12.8. The van der Waals surface area contributed by atoms with E-state index < -0.39 is 17.8 Å². The molecule has 0 saturated heterocycles. The first kappa shape index (κ1) is 20.6. The van der Waals surface area contributed by atoms with Crippen LogP contribution in [-0.4, -0.2) is 23.8 Å². The molecule has 0 spiro atoms. The van der Waals surface area contributed by atoms with Crippen molar-refractivity contribution in [3.8, 4) is 0 Å². The molecule has 27 heavy (non-hydrogen) atoms. The smallest absolute Gasteiger partial charge is 0.244 e. The van der Waals surface area contributed by atoms with Crippen LogP contribution in [0.15, 0.2) is 48.5 Å². The van der Waals surface area contributed by atoms with Crippen LogP contribution in [0.3, 0.4) is 0 Å². The average molecular weight is 370 g/mol. The predicted octanol–water partition coefficient (Wildman–Crippen LogP) is 3.74. The largest absolute Gasteiger partial charge is 0.368 e. The number of hydrogen-bond acceptors (Lipinski definition) is 2. The molecular weight excluding hydrogens is 343 g/mol. The number of hydrogen-bond donors (Lipinski definition) is 1. The van der Waals surface area contributed by atoms with E-state index in [0.29, 0.717) is 12.0 Å². The maximum Gasteiger partial charge on any atom is 0.244 e. The van der Waals surface area contributed by atoms with Gasteiger partial charge in [0.1, 0.15) is 11.9 Å². The number of nitrogens with zero attached hydrogens (tertiary/aromatic N) is 1. The van der Waals surface area contributed by atoms with E-state index in [9.17, 15) is 14.0 Å². The number of rotatable bonds is 6. The fourth-order valence-electron chi connectivity index (χ4n) is 3.00. The number of aryl methyl sites for hydroxylation is 1. The van der Waals surface area contributed by atoms with Crippen LogP contribution in [0.25, 0.3) is 0 Å². The Morgan fingerprint density at radius 1 is 1.11 bits per heavy atom. The van der Waals surface area contributed by atoms with Gasteiger partial charge in [-0.1, -0.05) is 57.2 Å². The van der Waals surface area contributed by atoms with Crippen LogP contribution in [0.1, 0.15) is 49.9 Å². The molecule has 2 aromatic rings. The Balaban J connectivity index is 2.06. The molecule has 0 saturated carbocycles. The highest BCUT2D eigenvalue weighted by Crippen LogP contribution is 2.23. The number of benzene rings is 2. The molecule has 1 atom stereocenters. The van der Waals surface area contributed by atoms with Crippen LogP contribution in [0, 0.1) is 5.82 Å². The molecule has 5 heteroatoms. The lowest BCUT2D eigenvalue weighted by Gasteiger charge is -2.26. The summed E-state index contributed by atoms with van der Waals surface area (Å²) < 4.78 is 13.5. The summed E-state index contributed by atoms with van der Waals surface area (Å²) in [4.78, 5) is 25.7. The first-order valence-corrected chi connectivity index (χ1v) is 8.99. The molecule has 2 N–H and O–H groups in total. The molecule has 0 heterocycles. The highest BCUT2D eigenvalue weighted by molar-refractivity contribution is 5.87. The lowest BCUT2D eigenvalue weighted by Crippen LogP contribution is -2.39. The summed E-state index contributed by atoms with van der Waals surface area (Å²) in [6.45, 7) is 6.45. The number of likely N-dealkylation sites (N-methyl/N-ethyl adjacent to an activating group) is 1. The van der Waals surface area contributed by atoms with E-state index in [4.69, 9.17) is 5.73 Å². The van der Waals surface area contributed by atoms with Crippen molar-refractivity contribution in [2.24, 2.45) is 5.73 Å². The van der Waals surface area contributed by atoms with E-state index in [0.717, 1.165) is 5.56 Å². The van der Waals surface area contributed by atoms with Gasteiger partial charge in [0.05, 0.1) is 0 Å². The normalized spacial score (nSPS) is 12.5. The van der Waals surface area contributed by atoms with Crippen LogP contribution in [-0.2, 0) is 21.4 Å². The molecule has 0 aliphatic carbocycles. The second-order valence-corrected chi connectivity index (χ2v) is 7.81. The van der Waals surface area contributed by atoms with Gasteiger partial charge in [-0.15, -0.1) is 0 Å². The van der Waals surface area contributed by atoms with Crippen molar-refractivity contribution in [1.29, 1.82) is 0 Å². The van der Waals surface area contributed by atoms with Crippen molar-refractivity contribution in [2.45, 2.75) is 45.1 Å². The minimum atomic E-state index is -0.989. The maximum absolute atomic E-state index is 13.5. The molecule has 0 bridgehead atoms. The average Bonchev–Trinajstić information content (AvgIpc) is 2.59. The van der Waals surface area contributed by atoms with E-state index in [1.807, 2.05) is 12.1 Å². The number of halogens is 1. The fourth-order valence-corrected chi connectivity index (χ4v) is 3.00. The van der Waals surface area contributed by atoms with Gasteiger partial charge in [-0.2, -0.15) is 0 Å². The second-order valence-electron chi connectivity index (χ2n) is 7.81. The van der Waals surface area contributed by atoms with Gasteiger partial charge in [-0.25, -0.2) is 4.39 Å². The Morgan fingerprint density at radius 2 is 1.74 bits per heavy atom. The minimum absolute atomic E-state index is 0.0776. The number of carbonyl (C=O) groups excluding carboxylic acids is 2. The zero-order valence-corrected chi connectivity index (χ0v) is 16.3. The van der Waals surface area contributed by atoms with Crippen molar-refractivity contribution in [1.82, 2.24) is 4.90 Å². The topological polar surface area (TPSA) is 63.4 Å². The summed E-state index contributed by atoms with van der Waals surface area (Å²) in [5, 5.41) is 0. The van der Waals surface area contributed by atoms with Gasteiger partial charge >= 0.3 is 0 Å². The van der Waals surface area contributed by atoms with E-state index in [2.05, 4.69) is 32.9 Å². The van der Waals surface area contributed by atoms with Crippen molar-refractivity contribution >= 4 is 11.8 Å². The molecule has 2 aromatic carbocycles. The highest BCUT2D eigenvalue weighted by Gasteiger charge is 2.26. The number of amides is 2. The first-order chi connectivity index (χ1) is 12.6. The van der Waals surface area contributed by atoms with Crippen LogP contribution < -0.4 is 5.73 Å². The van der Waals surface area contributed by atoms with Gasteiger partial charge in [0.25, 0.3) is 0 Å². The van der Waals surface area contributed by atoms with Gasteiger partial charge < -0.3 is 10.6 Å². The Kier molecular flexibility index (Phi) is 6.37. The molecule has 0 radical (unpaired) electrons. The standard InChI is InChI=1S/C22H27FN2O2/c1-22(2,3)17-11-8-15(9-12-17)10-13-19(26)25(4)20(21(24)27)16-6-5-7-18(23)14-16/h5-9,11-12,14,20H,10,13H2,1-4H3,(H2,24,27). The molecule has 2 amide bonds. The summed E-state index contributed by atoms with van der Waals surface area (Å²) >= 11 is 0. The number of primary amides is 1. The SMILES string of the molecule is CN(C(=O)CCc1ccc(C(C)(C)C)cc1)C(C(N)=O)c1cccc(F)c1. The van der Waals surface area contributed by atoms with Crippen LogP contribution in [0.5, 0.6) is 0 Å². The summed E-state index contributed by atoms with van der Waals surface area (Å²) in [7, 11) is 1.52. The lowest BCUT2D eigenvalue weighted by molar-refractivity contribution is -0.138. The minimum Gasteiger partial charge on any atom is -0.368 e.